The zero-order valence-electron chi connectivity index (χ0n) is 39.5. The van der Waals surface area contributed by atoms with Gasteiger partial charge in [0.25, 0.3) is 5.91 Å². The van der Waals surface area contributed by atoms with Crippen molar-refractivity contribution in [1.82, 2.24) is 35.1 Å². The molecule has 2 fully saturated rings. The van der Waals surface area contributed by atoms with E-state index in [1.807, 2.05) is 45.0 Å². The molecule has 2 N–H and O–H groups in total. The molecule has 1 unspecified atom stereocenters. The number of hydrogen-bond donors (Lipinski definition) is 2. The van der Waals surface area contributed by atoms with Crippen LogP contribution in [0, 0.1) is 23.1 Å². The predicted octanol–water partition coefficient (Wildman–Crippen LogP) is 6.40. The first-order chi connectivity index (χ1) is 31.4. The van der Waals surface area contributed by atoms with E-state index in [4.69, 9.17) is 14.5 Å². The minimum Gasteiger partial charge on any atom is -0.464 e. The molecule has 15 heteroatoms. The van der Waals surface area contributed by atoms with Gasteiger partial charge in [-0.2, -0.15) is 0 Å². The van der Waals surface area contributed by atoms with Crippen molar-refractivity contribution in [2.75, 3.05) is 40.4 Å². The molecule has 2 saturated heterocycles. The van der Waals surface area contributed by atoms with Gasteiger partial charge >= 0.3 is 5.97 Å². The van der Waals surface area contributed by atoms with Crippen molar-refractivity contribution < 1.29 is 37.8 Å². The fourth-order valence-electron chi connectivity index (χ4n) is 9.94. The molecule has 0 saturated carbocycles. The van der Waals surface area contributed by atoms with Crippen LogP contribution in [0.25, 0.3) is 33.3 Å². The molecule has 5 heterocycles. The van der Waals surface area contributed by atoms with Crippen molar-refractivity contribution in [3.05, 3.63) is 90.0 Å². The van der Waals surface area contributed by atoms with Gasteiger partial charge in [-0.25, -0.2) is 9.82 Å². The molecule has 2 aromatic carbocycles. The molecule has 352 valence electrons. The van der Waals surface area contributed by atoms with E-state index in [2.05, 4.69) is 54.8 Å². The molecule has 5 atom stereocenters. The van der Waals surface area contributed by atoms with E-state index in [9.17, 15) is 24.0 Å². The van der Waals surface area contributed by atoms with Crippen LogP contribution >= 0.6 is 0 Å². The van der Waals surface area contributed by atoms with Gasteiger partial charge in [-0.3, -0.25) is 34.0 Å². The molecule has 7 rings (SSSR count). The Labute approximate surface area is 386 Å². The number of cyclic esters (lactones) is 1. The Hall–Kier alpha value is -5.93. The van der Waals surface area contributed by atoms with Gasteiger partial charge in [-0.15, -0.1) is 0 Å². The number of nitrogens with zero attached hydrogens (tertiary/aromatic N) is 5. The van der Waals surface area contributed by atoms with E-state index in [0.717, 1.165) is 39.0 Å². The topological polar surface area (TPSA) is 155 Å². The van der Waals surface area contributed by atoms with Crippen molar-refractivity contribution in [2.45, 2.75) is 104 Å². The largest absolute Gasteiger partial charge is 0.464 e. The number of hydrogen-bond acceptors (Lipinski definition) is 9. The summed E-state index contributed by atoms with van der Waals surface area (Å²) in [7, 11) is 3.22. The van der Waals surface area contributed by atoms with Crippen LogP contribution < -0.4 is 10.7 Å². The quantitative estimate of drug-likeness (QED) is 0.136. The zero-order valence-corrected chi connectivity index (χ0v) is 39.5. The highest BCUT2D eigenvalue weighted by Crippen LogP contribution is 2.42. The number of aromatic nitrogens is 2. The number of carbonyl (C=O) groups is 5. The van der Waals surface area contributed by atoms with Crippen LogP contribution in [0.1, 0.15) is 83.7 Å². The van der Waals surface area contributed by atoms with Gasteiger partial charge in [0.05, 0.1) is 30.0 Å². The monoisotopic (exact) mass is 905 g/mol. The number of likely N-dealkylation sites (tertiary alicyclic amines) is 1. The average molecular weight is 906 g/mol. The van der Waals surface area contributed by atoms with E-state index in [1.54, 1.807) is 25.3 Å². The number of ether oxygens (including phenoxy) is 2. The maximum atomic E-state index is 16.0. The fraction of sp³-hybridized carbons (Fsp3) is 0.490. The van der Waals surface area contributed by atoms with Gasteiger partial charge in [0.2, 0.25) is 17.7 Å². The van der Waals surface area contributed by atoms with Crippen molar-refractivity contribution in [2.24, 2.45) is 17.3 Å². The van der Waals surface area contributed by atoms with Crippen molar-refractivity contribution >= 4 is 40.5 Å². The Kier molecular flexibility index (Phi) is 14.5. The zero-order chi connectivity index (χ0) is 47.6. The van der Waals surface area contributed by atoms with Crippen LogP contribution in [0.4, 0.5) is 4.39 Å². The van der Waals surface area contributed by atoms with Crippen LogP contribution in [0.2, 0.25) is 0 Å². The molecule has 14 nitrogen and oxygen atoms in total. The molecule has 3 aliphatic rings. The number of nitrogens with one attached hydrogen (secondary N) is 2. The lowest BCUT2D eigenvalue weighted by molar-refractivity contribution is -0.155. The van der Waals surface area contributed by atoms with Gasteiger partial charge < -0.3 is 29.2 Å². The van der Waals surface area contributed by atoms with E-state index in [-0.39, 0.29) is 50.0 Å². The van der Waals surface area contributed by atoms with Crippen LogP contribution in [-0.4, -0.2) is 112 Å². The summed E-state index contributed by atoms with van der Waals surface area (Å²) < 4.78 is 30.1. The van der Waals surface area contributed by atoms with Crippen molar-refractivity contribution in [3.63, 3.8) is 0 Å². The maximum absolute atomic E-state index is 16.0. The third-order valence-corrected chi connectivity index (χ3v) is 13.3. The normalized spacial score (nSPS) is 21.0. The second-order valence-electron chi connectivity index (χ2n) is 19.1. The Morgan fingerprint density at radius 1 is 1.09 bits per heavy atom. The molecule has 3 aliphatic heterocycles. The Balaban J connectivity index is 1.31. The molecule has 6 bridgehead atoms. The highest BCUT2D eigenvalue weighted by atomic mass is 19.1. The number of benzene rings is 2. The summed E-state index contributed by atoms with van der Waals surface area (Å²) in [5.41, 5.74) is 9.02. The lowest BCUT2D eigenvalue weighted by atomic mass is 9.84. The molecule has 66 heavy (non-hydrogen) atoms. The van der Waals surface area contributed by atoms with Crippen molar-refractivity contribution in [3.8, 4) is 22.4 Å². The predicted molar refractivity (Wildman–Crippen MR) is 250 cm³/mol. The minimum atomic E-state index is -1.22. The average Bonchev–Trinajstić information content (AvgIpc) is 3.92. The van der Waals surface area contributed by atoms with E-state index in [1.165, 1.54) is 28.1 Å². The first-order valence-corrected chi connectivity index (χ1v) is 23.1. The molecule has 4 amide bonds. The molecule has 4 aromatic rings. The number of rotatable bonds is 10. The molecular formula is C51H64FN7O7. The van der Waals surface area contributed by atoms with Gasteiger partial charge in [0.15, 0.2) is 0 Å². The highest BCUT2D eigenvalue weighted by molar-refractivity contribution is 5.96. The standard InChI is InChI=1S/C51H64FN7O7/c1-10-43(60)57-21-18-34(28-57)48(62)56(8)45(30(3)4)47(61)54-41-24-32-22-35(25-36(52)23-32)33-16-17-42-38(26-33)39(46(58(42)11-2)37-14-12-19-53-44(37)31(5)65-9)27-51(6,7)29-66-50(64)40-15-13-20-59(55-40)49(41)63/h10,12,14,16-17,19,22-23,25-26,30-31,34,40-41,45,55H,1,11,13,15,18,20-21,24,27-29H2,2-9H3,(H,54,61)/t31-,34-,40-,41-,45?/m0/s1. The number of esters is 1. The SMILES string of the molecule is C=CC(=O)N1CC[C@H](C(=O)N(C)C(C(=O)N[C@H]2Cc3cc(F)cc(c3)-c3ccc4c(c3)c(c(-c3cccnc3[C@H](C)OC)n4CC)CC(C)(C)COC(=O)[C@@H]3CCCN(N3)C2=O)C(C)C)C1. The Bertz CT molecular complexity index is 2520. The Morgan fingerprint density at radius 3 is 2.58 bits per heavy atom. The summed E-state index contributed by atoms with van der Waals surface area (Å²) >= 11 is 0. The molecule has 2 aromatic heterocycles. The number of carbonyl (C=O) groups excluding carboxylic acids is 5. The molecule has 0 spiro atoms. The van der Waals surface area contributed by atoms with E-state index < -0.39 is 53.1 Å². The smallest absolute Gasteiger partial charge is 0.324 e. The first-order valence-electron chi connectivity index (χ1n) is 23.1. The summed E-state index contributed by atoms with van der Waals surface area (Å²) in [6, 6.07) is 11.7. The highest BCUT2D eigenvalue weighted by Gasteiger charge is 2.40. The third kappa shape index (κ3) is 9.92. The van der Waals surface area contributed by atoms with Crippen LogP contribution in [0.5, 0.6) is 0 Å². The maximum Gasteiger partial charge on any atom is 0.324 e. The van der Waals surface area contributed by atoms with Gasteiger partial charge in [-0.1, -0.05) is 46.4 Å². The molecule has 0 aliphatic carbocycles. The van der Waals surface area contributed by atoms with Crippen LogP contribution in [-0.2, 0) is 52.8 Å². The van der Waals surface area contributed by atoms with Crippen LogP contribution in [0.15, 0.2) is 67.4 Å². The number of methoxy groups -OCH3 is 1. The van der Waals surface area contributed by atoms with Crippen LogP contribution in [0.3, 0.4) is 0 Å². The lowest BCUT2D eigenvalue weighted by Crippen LogP contribution is -2.62. The Morgan fingerprint density at radius 2 is 1.86 bits per heavy atom. The summed E-state index contributed by atoms with van der Waals surface area (Å²) in [5, 5.41) is 5.26. The summed E-state index contributed by atoms with van der Waals surface area (Å²) in [6.07, 6.45) is 4.46. The minimum absolute atomic E-state index is 0.0858. The van der Waals surface area contributed by atoms with Gasteiger partial charge in [0, 0.05) is 74.8 Å². The summed E-state index contributed by atoms with van der Waals surface area (Å²) in [6.45, 7) is 17.0. The van der Waals surface area contributed by atoms with Gasteiger partial charge in [-0.05, 0) is 110 Å². The van der Waals surface area contributed by atoms with E-state index in [0.29, 0.717) is 49.9 Å². The third-order valence-electron chi connectivity index (χ3n) is 13.3. The number of likely N-dealkylation sites (N-methyl/N-ethyl adjacent to an activating group) is 1. The fourth-order valence-corrected chi connectivity index (χ4v) is 9.94. The number of aryl methyl sites for hydroxylation is 1. The summed E-state index contributed by atoms with van der Waals surface area (Å²) in [5.74, 6) is -3.51. The second-order valence-corrected chi connectivity index (χ2v) is 19.1. The number of fused-ring (bicyclic) bond motifs is 6. The van der Waals surface area contributed by atoms with Crippen molar-refractivity contribution in [1.29, 1.82) is 0 Å². The van der Waals surface area contributed by atoms with E-state index >= 15 is 4.39 Å². The lowest BCUT2D eigenvalue weighted by Gasteiger charge is -2.37. The number of halogens is 1. The number of pyridine rings is 1. The number of amides is 4. The molecule has 0 radical (unpaired) electrons. The number of hydrazine groups is 1. The second kappa shape index (κ2) is 19.9. The molecular weight excluding hydrogens is 842 g/mol. The first kappa shape index (κ1) is 48.0. The summed E-state index contributed by atoms with van der Waals surface area (Å²) in [4.78, 5) is 77.0. The van der Waals surface area contributed by atoms with Gasteiger partial charge in [0.1, 0.15) is 23.9 Å².